The summed E-state index contributed by atoms with van der Waals surface area (Å²) in [5.41, 5.74) is 17.9. The van der Waals surface area contributed by atoms with Gasteiger partial charge in [0.25, 0.3) is 0 Å². The largest absolute Gasteiger partial charge is 0.310 e. The molecule has 0 N–H and O–H groups in total. The Labute approximate surface area is 303 Å². The lowest BCUT2D eigenvalue weighted by Crippen LogP contribution is -2.10. The molecule has 0 aliphatic rings. The molecule has 0 aromatic heterocycles. The van der Waals surface area contributed by atoms with Gasteiger partial charge in [-0.05, 0) is 132 Å². The van der Waals surface area contributed by atoms with Crippen LogP contribution in [-0.4, -0.2) is 0 Å². The van der Waals surface area contributed by atoms with Crippen LogP contribution in [0, 0.1) is 27.7 Å². The highest BCUT2D eigenvalue weighted by Crippen LogP contribution is 2.37. The average Bonchev–Trinajstić information content (AvgIpc) is 3.15. The van der Waals surface area contributed by atoms with Gasteiger partial charge in [0, 0.05) is 17.1 Å². The van der Waals surface area contributed by atoms with Gasteiger partial charge in [-0.25, -0.2) is 0 Å². The summed E-state index contributed by atoms with van der Waals surface area (Å²) in [5.74, 6) is 0. The van der Waals surface area contributed by atoms with Crippen LogP contribution < -0.4 is 4.90 Å². The van der Waals surface area contributed by atoms with Crippen molar-refractivity contribution in [2.45, 2.75) is 27.7 Å². The highest BCUT2D eigenvalue weighted by atomic mass is 15.1. The van der Waals surface area contributed by atoms with Gasteiger partial charge in [-0.3, -0.25) is 0 Å². The van der Waals surface area contributed by atoms with E-state index in [1.54, 1.807) is 0 Å². The molecule has 1 nitrogen and oxygen atoms in total. The summed E-state index contributed by atoms with van der Waals surface area (Å²) in [6.45, 7) is 8.60. The quantitative estimate of drug-likeness (QED) is 0.140. The van der Waals surface area contributed by atoms with Crippen molar-refractivity contribution in [3.63, 3.8) is 0 Å². The van der Waals surface area contributed by atoms with Crippen molar-refractivity contribution in [2.24, 2.45) is 0 Å². The van der Waals surface area contributed by atoms with Crippen molar-refractivity contribution in [2.75, 3.05) is 4.90 Å². The zero-order valence-electron chi connectivity index (χ0n) is 29.8. The van der Waals surface area contributed by atoms with Crippen molar-refractivity contribution in [3.05, 3.63) is 232 Å². The van der Waals surface area contributed by atoms with Crippen LogP contribution in [0.5, 0.6) is 0 Å². The smallest absolute Gasteiger partial charge is 0.0466 e. The molecule has 1 heteroatoms. The molecule has 0 radical (unpaired) electrons. The van der Waals surface area contributed by atoms with E-state index >= 15 is 0 Å². The molecule has 0 atom stereocenters. The Balaban J connectivity index is 1.27. The van der Waals surface area contributed by atoms with E-state index in [0.717, 1.165) is 28.2 Å². The Kier molecular flexibility index (Phi) is 9.90. The van der Waals surface area contributed by atoms with E-state index in [1.807, 2.05) is 0 Å². The Morgan fingerprint density at radius 3 is 1.06 bits per heavy atom. The summed E-state index contributed by atoms with van der Waals surface area (Å²) in [6, 6.07) is 63.5. The molecule has 51 heavy (non-hydrogen) atoms. The number of hydrogen-bond donors (Lipinski definition) is 0. The fourth-order valence-corrected chi connectivity index (χ4v) is 6.67. The predicted octanol–water partition coefficient (Wildman–Crippen LogP) is 13.6. The summed E-state index contributed by atoms with van der Waals surface area (Å²) in [4.78, 5) is 2.36. The first kappa shape index (κ1) is 33.3. The highest BCUT2D eigenvalue weighted by molar-refractivity contribution is 5.93. The second kappa shape index (κ2) is 15.2. The Morgan fingerprint density at radius 1 is 0.333 bits per heavy atom. The van der Waals surface area contributed by atoms with E-state index in [0.29, 0.717) is 0 Å². The normalized spacial score (nSPS) is 11.8. The van der Waals surface area contributed by atoms with E-state index in [2.05, 4.69) is 221 Å². The second-order valence-electron chi connectivity index (χ2n) is 13.4. The summed E-state index contributed by atoms with van der Waals surface area (Å²) in [5, 5.41) is 0. The molecule has 0 spiro atoms. The fourth-order valence-electron chi connectivity index (χ4n) is 6.67. The van der Waals surface area contributed by atoms with Gasteiger partial charge in [-0.2, -0.15) is 0 Å². The molecular formula is C50H43N. The topological polar surface area (TPSA) is 3.24 Å². The van der Waals surface area contributed by atoms with Crippen molar-refractivity contribution < 1.29 is 0 Å². The van der Waals surface area contributed by atoms with Crippen molar-refractivity contribution in [1.82, 2.24) is 0 Å². The number of nitrogens with zero attached hydrogens (tertiary/aromatic N) is 1. The third kappa shape index (κ3) is 8.01. The monoisotopic (exact) mass is 657 g/mol. The van der Waals surface area contributed by atoms with Gasteiger partial charge < -0.3 is 4.90 Å². The van der Waals surface area contributed by atoms with Crippen LogP contribution in [-0.2, 0) is 0 Å². The molecule has 0 saturated carbocycles. The zero-order chi connectivity index (χ0) is 35.2. The Bertz CT molecular complexity index is 2110. The van der Waals surface area contributed by atoms with E-state index in [4.69, 9.17) is 0 Å². The van der Waals surface area contributed by atoms with Crippen LogP contribution in [0.1, 0.15) is 55.6 Å². The first-order valence-electron chi connectivity index (χ1n) is 17.7. The molecule has 7 rings (SSSR count). The second-order valence-corrected chi connectivity index (χ2v) is 13.4. The first-order chi connectivity index (χ1) is 24.9. The molecule has 0 fully saturated rings. The zero-order valence-corrected chi connectivity index (χ0v) is 29.8. The minimum atomic E-state index is 1.11. The van der Waals surface area contributed by atoms with E-state index < -0.39 is 0 Å². The van der Waals surface area contributed by atoms with Gasteiger partial charge in [0.2, 0.25) is 0 Å². The van der Waals surface area contributed by atoms with Gasteiger partial charge in [0.1, 0.15) is 0 Å². The molecule has 0 saturated heterocycles. The third-order valence-corrected chi connectivity index (χ3v) is 9.28. The van der Waals surface area contributed by atoms with E-state index in [9.17, 15) is 0 Å². The maximum atomic E-state index is 2.36. The van der Waals surface area contributed by atoms with Crippen molar-refractivity contribution in [3.8, 4) is 0 Å². The Morgan fingerprint density at radius 2 is 0.686 bits per heavy atom. The van der Waals surface area contributed by atoms with Crippen LogP contribution >= 0.6 is 0 Å². The van der Waals surface area contributed by atoms with Gasteiger partial charge in [0.05, 0.1) is 0 Å². The molecule has 0 bridgehead atoms. The van der Waals surface area contributed by atoms with Crippen molar-refractivity contribution >= 4 is 40.4 Å². The van der Waals surface area contributed by atoms with Crippen LogP contribution in [0.25, 0.3) is 23.3 Å². The molecule has 248 valence electrons. The van der Waals surface area contributed by atoms with E-state index in [1.165, 1.54) is 55.7 Å². The third-order valence-electron chi connectivity index (χ3n) is 9.28. The lowest BCUT2D eigenvalue weighted by Gasteiger charge is -2.26. The van der Waals surface area contributed by atoms with Crippen LogP contribution in [0.3, 0.4) is 0 Å². The molecule has 0 aliphatic heterocycles. The summed E-state index contributed by atoms with van der Waals surface area (Å²) in [7, 11) is 0. The minimum absolute atomic E-state index is 1.11. The Hall–Kier alpha value is -6.18. The fraction of sp³-hybridized carbons (Fsp3) is 0.0800. The average molecular weight is 658 g/mol. The number of anilines is 3. The lowest BCUT2D eigenvalue weighted by molar-refractivity contribution is 1.25. The number of aryl methyl sites for hydroxylation is 4. The number of hydrogen-bond acceptors (Lipinski definition) is 1. The molecule has 0 heterocycles. The molecular weight excluding hydrogens is 615 g/mol. The van der Waals surface area contributed by atoms with Gasteiger partial charge in [-0.15, -0.1) is 0 Å². The number of benzene rings is 7. The van der Waals surface area contributed by atoms with Gasteiger partial charge in [0.15, 0.2) is 0 Å². The summed E-state index contributed by atoms with van der Waals surface area (Å²) >= 11 is 0. The lowest BCUT2D eigenvalue weighted by atomic mass is 9.95. The van der Waals surface area contributed by atoms with Crippen molar-refractivity contribution in [1.29, 1.82) is 0 Å². The molecule has 0 amide bonds. The first-order valence-corrected chi connectivity index (χ1v) is 17.7. The predicted molar refractivity (Wildman–Crippen MR) is 220 cm³/mol. The summed E-state index contributed by atoms with van der Waals surface area (Å²) in [6.07, 6.45) is 4.59. The molecule has 7 aromatic carbocycles. The maximum absolute atomic E-state index is 2.36. The minimum Gasteiger partial charge on any atom is -0.310 e. The maximum Gasteiger partial charge on any atom is 0.0466 e. The summed E-state index contributed by atoms with van der Waals surface area (Å²) < 4.78 is 0. The van der Waals surface area contributed by atoms with Crippen LogP contribution in [0.4, 0.5) is 17.1 Å². The highest BCUT2D eigenvalue weighted by Gasteiger charge is 2.14. The van der Waals surface area contributed by atoms with Gasteiger partial charge >= 0.3 is 0 Å². The molecule has 0 aliphatic carbocycles. The van der Waals surface area contributed by atoms with E-state index in [-0.39, 0.29) is 0 Å². The molecule has 7 aromatic rings. The van der Waals surface area contributed by atoms with Gasteiger partial charge in [-0.1, -0.05) is 151 Å². The number of rotatable bonds is 9. The SMILES string of the molecule is Cc1ccc(C(=Cc2ccc(N(c3ccc(C=C(c4ccccc4)c4ccc(C)cc4)cc3)c3cc(C)cc(C)c3)cc2)c2ccccc2)cc1. The van der Waals surface area contributed by atoms with Crippen LogP contribution in [0.15, 0.2) is 176 Å². The standard InChI is InChI=1S/C50H43N/c1-36-15-23-44(24-16-36)49(42-11-7-5-8-12-42)34-40-19-27-46(28-20-40)51(48-32-38(3)31-39(4)33-48)47-29-21-41(22-30-47)35-50(43-13-9-6-10-14-43)45-25-17-37(2)18-26-45/h5-35H,1-4H3. The molecule has 0 unspecified atom stereocenters. The van der Waals surface area contributed by atoms with Crippen LogP contribution in [0.2, 0.25) is 0 Å².